The molecule has 0 saturated carbocycles. The van der Waals surface area contributed by atoms with Gasteiger partial charge in [0.2, 0.25) is 10.0 Å². The second-order valence-corrected chi connectivity index (χ2v) is 5.53. The Labute approximate surface area is 86.3 Å². The van der Waals surface area contributed by atoms with Crippen LogP contribution in [0.2, 0.25) is 0 Å². The van der Waals surface area contributed by atoms with Crippen molar-refractivity contribution in [1.82, 2.24) is 9.78 Å². The highest BCUT2D eigenvalue weighted by molar-refractivity contribution is 7.91. The van der Waals surface area contributed by atoms with Gasteiger partial charge in [0.25, 0.3) is 10.2 Å². The van der Waals surface area contributed by atoms with E-state index >= 15 is 0 Å². The predicted octanol–water partition coefficient (Wildman–Crippen LogP) is -2.32. The molecule has 1 aromatic rings. The first-order chi connectivity index (χ1) is 6.59. The van der Waals surface area contributed by atoms with Crippen molar-refractivity contribution in [3.63, 3.8) is 0 Å². The summed E-state index contributed by atoms with van der Waals surface area (Å²) in [5.74, 6) is -0.428. The zero-order valence-corrected chi connectivity index (χ0v) is 9.21. The summed E-state index contributed by atoms with van der Waals surface area (Å²) in [5, 5.41) is 13.0. The van der Waals surface area contributed by atoms with Crippen molar-refractivity contribution >= 4 is 26.1 Å². The Morgan fingerprint density at radius 1 is 1.33 bits per heavy atom. The topological polar surface area (TPSA) is 150 Å². The maximum absolute atomic E-state index is 11.0. The molecule has 0 saturated heterocycles. The summed E-state index contributed by atoms with van der Waals surface area (Å²) < 4.78 is 46.2. The highest BCUT2D eigenvalue weighted by Crippen LogP contribution is 2.17. The van der Waals surface area contributed by atoms with E-state index in [1.807, 2.05) is 0 Å². The van der Waals surface area contributed by atoms with Crippen molar-refractivity contribution in [2.24, 2.45) is 17.3 Å². The largest absolute Gasteiger partial charge is 0.297 e. The number of aryl methyl sites for hydroxylation is 1. The van der Waals surface area contributed by atoms with Crippen molar-refractivity contribution in [1.29, 1.82) is 0 Å². The van der Waals surface area contributed by atoms with Gasteiger partial charge in [-0.2, -0.15) is 13.5 Å². The lowest BCUT2D eigenvalue weighted by Crippen LogP contribution is -2.24. The van der Waals surface area contributed by atoms with Gasteiger partial charge in [-0.25, -0.2) is 18.7 Å². The quantitative estimate of drug-likeness (QED) is 0.554. The molecule has 0 aromatic carbocycles. The third kappa shape index (κ3) is 3.16. The van der Waals surface area contributed by atoms with Gasteiger partial charge in [0.05, 0.1) is 0 Å². The molecule has 0 aliphatic rings. The van der Waals surface area contributed by atoms with Crippen LogP contribution in [0, 0.1) is 0 Å². The van der Waals surface area contributed by atoms with Crippen molar-refractivity contribution in [2.45, 2.75) is 4.90 Å². The Bertz CT molecular complexity index is 570. The van der Waals surface area contributed by atoms with Gasteiger partial charge in [0, 0.05) is 13.2 Å². The third-order valence-electron chi connectivity index (χ3n) is 1.34. The third-order valence-corrected chi connectivity index (χ3v) is 2.73. The normalized spacial score (nSPS) is 12.7. The van der Waals surface area contributed by atoms with E-state index in [1.54, 1.807) is 4.72 Å². The number of sulfonamides is 1. The minimum atomic E-state index is -4.09. The molecule has 1 aromatic heterocycles. The average molecular weight is 255 g/mol. The zero-order chi connectivity index (χ0) is 11.9. The number of rotatable bonds is 3. The molecule has 0 spiro atoms. The maximum atomic E-state index is 11.0. The van der Waals surface area contributed by atoms with Crippen molar-refractivity contribution in [3.05, 3.63) is 6.20 Å². The Hall–Kier alpha value is -1.17. The second kappa shape index (κ2) is 3.44. The number of aromatic nitrogens is 2. The van der Waals surface area contributed by atoms with Crippen LogP contribution in [0.1, 0.15) is 0 Å². The van der Waals surface area contributed by atoms with Gasteiger partial charge in [0.1, 0.15) is 4.90 Å². The van der Waals surface area contributed by atoms with Crippen LogP contribution in [0.4, 0.5) is 5.82 Å². The predicted molar refractivity (Wildman–Crippen MR) is 51.3 cm³/mol. The molecule has 11 heteroatoms. The first kappa shape index (κ1) is 11.9. The van der Waals surface area contributed by atoms with Crippen LogP contribution in [0.15, 0.2) is 11.1 Å². The van der Waals surface area contributed by atoms with Gasteiger partial charge in [-0.15, -0.1) is 0 Å². The molecule has 0 unspecified atom stereocenters. The second-order valence-electron chi connectivity index (χ2n) is 2.71. The Morgan fingerprint density at radius 2 is 1.87 bits per heavy atom. The fourth-order valence-corrected chi connectivity index (χ4v) is 2.03. The highest BCUT2D eigenvalue weighted by atomic mass is 32.2. The maximum Gasteiger partial charge on any atom is 0.297 e. The molecule has 0 bridgehead atoms. The minimum absolute atomic E-state index is 0.428. The molecular formula is C4H9N5O4S2. The minimum Gasteiger partial charge on any atom is -0.272 e. The molecule has 0 fully saturated rings. The van der Waals surface area contributed by atoms with Gasteiger partial charge >= 0.3 is 0 Å². The van der Waals surface area contributed by atoms with E-state index in [4.69, 9.17) is 5.14 Å². The van der Waals surface area contributed by atoms with Crippen molar-refractivity contribution in [2.75, 3.05) is 4.72 Å². The summed E-state index contributed by atoms with van der Waals surface area (Å²) in [6.07, 6.45) is 1.06. The van der Waals surface area contributed by atoms with Crippen LogP contribution in [-0.4, -0.2) is 26.6 Å². The fourth-order valence-electron chi connectivity index (χ4n) is 0.880. The molecule has 0 amide bonds. The van der Waals surface area contributed by atoms with Crippen LogP contribution in [0.25, 0.3) is 0 Å². The molecule has 5 N–H and O–H groups in total. The Kier molecular flexibility index (Phi) is 2.73. The van der Waals surface area contributed by atoms with E-state index in [-0.39, 0.29) is 0 Å². The number of nitrogens with zero attached hydrogens (tertiary/aromatic N) is 2. The first-order valence-corrected chi connectivity index (χ1v) is 6.56. The van der Waals surface area contributed by atoms with E-state index in [0.717, 1.165) is 10.9 Å². The summed E-state index contributed by atoms with van der Waals surface area (Å²) >= 11 is 0. The zero-order valence-electron chi connectivity index (χ0n) is 7.58. The van der Waals surface area contributed by atoms with Crippen LogP contribution in [0.5, 0.6) is 0 Å². The molecule has 0 aliphatic heterocycles. The van der Waals surface area contributed by atoms with E-state index in [0.29, 0.717) is 0 Å². The Balaban J connectivity index is 3.31. The van der Waals surface area contributed by atoms with Crippen LogP contribution in [-0.2, 0) is 27.3 Å². The monoisotopic (exact) mass is 255 g/mol. The summed E-state index contributed by atoms with van der Waals surface area (Å²) in [4.78, 5) is -0.445. The number of anilines is 1. The molecular weight excluding hydrogens is 246 g/mol. The fraction of sp³-hybridized carbons (Fsp3) is 0.250. The smallest absolute Gasteiger partial charge is 0.272 e. The van der Waals surface area contributed by atoms with Gasteiger partial charge < -0.3 is 0 Å². The highest BCUT2D eigenvalue weighted by Gasteiger charge is 2.20. The van der Waals surface area contributed by atoms with E-state index in [9.17, 15) is 16.8 Å². The van der Waals surface area contributed by atoms with Gasteiger partial charge in [-0.3, -0.25) is 9.40 Å². The SMILES string of the molecule is Cn1cc(S(N)(=O)=O)c(NS(N)(=O)=O)n1. The van der Waals surface area contributed by atoms with Gasteiger partial charge in [-0.1, -0.05) is 0 Å². The van der Waals surface area contributed by atoms with E-state index in [2.05, 4.69) is 10.2 Å². The number of nitrogens with one attached hydrogen (secondary N) is 1. The van der Waals surface area contributed by atoms with E-state index in [1.165, 1.54) is 7.05 Å². The average Bonchev–Trinajstić information content (AvgIpc) is 2.25. The first-order valence-electron chi connectivity index (χ1n) is 3.46. The molecule has 15 heavy (non-hydrogen) atoms. The van der Waals surface area contributed by atoms with Crippen LogP contribution < -0.4 is 15.0 Å². The van der Waals surface area contributed by atoms with Crippen molar-refractivity contribution in [3.8, 4) is 0 Å². The molecule has 1 rings (SSSR count). The standard InChI is InChI=1S/C4H9N5O4S2/c1-9-2-3(14(5,10)11)4(7-9)8-15(6,12)13/h2H,1H3,(H,7,8)(H2,5,10,11)(H2,6,12,13). The molecule has 0 atom stereocenters. The number of hydrogen-bond donors (Lipinski definition) is 3. The lowest BCUT2D eigenvalue weighted by molar-refractivity contribution is 0.598. The summed E-state index contributed by atoms with van der Waals surface area (Å²) in [5.41, 5.74) is 0. The summed E-state index contributed by atoms with van der Waals surface area (Å²) in [6.45, 7) is 0. The lowest BCUT2D eigenvalue weighted by Gasteiger charge is -2.00. The molecule has 86 valence electrons. The summed E-state index contributed by atoms with van der Waals surface area (Å²) in [7, 11) is -6.74. The van der Waals surface area contributed by atoms with Crippen LogP contribution >= 0.6 is 0 Å². The van der Waals surface area contributed by atoms with Gasteiger partial charge in [0.15, 0.2) is 5.82 Å². The van der Waals surface area contributed by atoms with Gasteiger partial charge in [-0.05, 0) is 0 Å². The number of hydrogen-bond acceptors (Lipinski definition) is 5. The van der Waals surface area contributed by atoms with Crippen LogP contribution in [0.3, 0.4) is 0 Å². The van der Waals surface area contributed by atoms with Crippen molar-refractivity contribution < 1.29 is 16.8 Å². The Morgan fingerprint density at radius 3 is 2.27 bits per heavy atom. The summed E-state index contributed by atoms with van der Waals surface area (Å²) in [6, 6.07) is 0. The molecule has 9 nitrogen and oxygen atoms in total. The van der Waals surface area contributed by atoms with E-state index < -0.39 is 30.9 Å². The molecule has 0 aliphatic carbocycles. The lowest BCUT2D eigenvalue weighted by atomic mass is 10.7. The molecule has 0 radical (unpaired) electrons. The number of primary sulfonamides is 1. The number of nitrogens with two attached hydrogens (primary N) is 2. The molecule has 1 heterocycles.